The van der Waals surface area contributed by atoms with Crippen LogP contribution in [0.2, 0.25) is 0 Å². The molecule has 1 N–H and O–H groups in total. The van der Waals surface area contributed by atoms with Gasteiger partial charge in [0.15, 0.2) is 0 Å². The summed E-state index contributed by atoms with van der Waals surface area (Å²) in [5.41, 5.74) is 1.26. The van der Waals surface area contributed by atoms with E-state index in [2.05, 4.69) is 48.6 Å². The zero-order valence-electron chi connectivity index (χ0n) is 11.6. The Morgan fingerprint density at radius 3 is 2.63 bits per heavy atom. The Labute approximate surface area is 121 Å². The molecule has 0 aliphatic carbocycles. The second-order valence-electron chi connectivity index (χ2n) is 4.50. The predicted octanol–water partition coefficient (Wildman–Crippen LogP) is 4.16. The van der Waals surface area contributed by atoms with Gasteiger partial charge in [0.1, 0.15) is 5.75 Å². The average molecular weight is 280 g/mol. The van der Waals surface area contributed by atoms with Crippen molar-refractivity contribution in [2.24, 2.45) is 0 Å². The predicted molar refractivity (Wildman–Crippen MR) is 84.4 cm³/mol. The molecule has 2 aromatic carbocycles. The molecule has 3 heteroatoms. The Bertz CT molecular complexity index is 513. The quantitative estimate of drug-likeness (QED) is 0.802. The molecule has 0 radical (unpaired) electrons. The van der Waals surface area contributed by atoms with Gasteiger partial charge in [-0.3, -0.25) is 0 Å². The van der Waals surface area contributed by atoms with Crippen LogP contribution in [0.1, 0.15) is 25.3 Å². The van der Waals surface area contributed by atoms with Crippen LogP contribution in [0.25, 0.3) is 10.8 Å². The molecule has 0 unspecified atom stereocenters. The fourth-order valence-electron chi connectivity index (χ4n) is 2.20. The summed E-state index contributed by atoms with van der Waals surface area (Å²) in [6.45, 7) is 4.13. The molecule has 0 aliphatic heterocycles. The molecule has 0 bridgehead atoms. The molecule has 0 spiro atoms. The van der Waals surface area contributed by atoms with Crippen LogP contribution in [-0.2, 0) is 6.54 Å². The smallest absolute Gasteiger partial charge is 0.123 e. The number of hydrogen-bond donors (Lipinski definition) is 1. The normalized spacial score (nSPS) is 10.2. The SMILES string of the molecule is CCCCNCc1c(OC)ccc2ccccc12.Cl. The van der Waals surface area contributed by atoms with Crippen molar-refractivity contribution in [3.05, 3.63) is 42.0 Å². The maximum atomic E-state index is 5.47. The van der Waals surface area contributed by atoms with Crippen molar-refractivity contribution in [3.63, 3.8) is 0 Å². The third kappa shape index (κ3) is 3.85. The van der Waals surface area contributed by atoms with Crippen LogP contribution < -0.4 is 10.1 Å². The van der Waals surface area contributed by atoms with E-state index in [9.17, 15) is 0 Å². The van der Waals surface area contributed by atoms with Crippen molar-refractivity contribution in [1.82, 2.24) is 5.32 Å². The maximum Gasteiger partial charge on any atom is 0.123 e. The van der Waals surface area contributed by atoms with Crippen LogP contribution >= 0.6 is 12.4 Å². The Morgan fingerprint density at radius 2 is 1.89 bits per heavy atom. The Balaban J connectivity index is 0.00000180. The third-order valence-electron chi connectivity index (χ3n) is 3.23. The van der Waals surface area contributed by atoms with Crippen molar-refractivity contribution in [1.29, 1.82) is 0 Å². The zero-order valence-corrected chi connectivity index (χ0v) is 12.4. The summed E-state index contributed by atoms with van der Waals surface area (Å²) in [5, 5.41) is 6.04. The van der Waals surface area contributed by atoms with E-state index in [1.165, 1.54) is 29.2 Å². The number of rotatable bonds is 6. The fourth-order valence-corrected chi connectivity index (χ4v) is 2.20. The number of methoxy groups -OCH3 is 1. The molecular weight excluding hydrogens is 258 g/mol. The molecular formula is C16H22ClNO. The molecule has 0 saturated heterocycles. The van der Waals surface area contributed by atoms with Gasteiger partial charge in [-0.2, -0.15) is 0 Å². The summed E-state index contributed by atoms with van der Waals surface area (Å²) in [5.74, 6) is 0.970. The highest BCUT2D eigenvalue weighted by molar-refractivity contribution is 5.87. The molecule has 19 heavy (non-hydrogen) atoms. The van der Waals surface area contributed by atoms with Gasteiger partial charge in [-0.15, -0.1) is 12.4 Å². The largest absolute Gasteiger partial charge is 0.496 e. The van der Waals surface area contributed by atoms with Crippen LogP contribution in [0.3, 0.4) is 0 Å². The molecule has 2 aromatic rings. The Kier molecular flexibility index (Phi) is 6.68. The van der Waals surface area contributed by atoms with Crippen LogP contribution in [0, 0.1) is 0 Å². The number of ether oxygens (including phenoxy) is 1. The number of benzene rings is 2. The van der Waals surface area contributed by atoms with Gasteiger partial charge in [-0.25, -0.2) is 0 Å². The van der Waals surface area contributed by atoms with Crippen LogP contribution in [0.15, 0.2) is 36.4 Å². The molecule has 2 rings (SSSR count). The van der Waals surface area contributed by atoms with Crippen LogP contribution in [-0.4, -0.2) is 13.7 Å². The van der Waals surface area contributed by atoms with E-state index in [0.29, 0.717) is 0 Å². The van der Waals surface area contributed by atoms with E-state index in [-0.39, 0.29) is 12.4 Å². The van der Waals surface area contributed by atoms with Crippen molar-refractivity contribution >= 4 is 23.2 Å². The molecule has 0 aromatic heterocycles. The Hall–Kier alpha value is -1.25. The highest BCUT2D eigenvalue weighted by atomic mass is 35.5. The van der Waals surface area contributed by atoms with Gasteiger partial charge in [0.2, 0.25) is 0 Å². The first-order valence-corrected chi connectivity index (χ1v) is 6.62. The minimum Gasteiger partial charge on any atom is -0.496 e. The van der Waals surface area contributed by atoms with Crippen molar-refractivity contribution < 1.29 is 4.74 Å². The van der Waals surface area contributed by atoms with Gasteiger partial charge in [0.25, 0.3) is 0 Å². The van der Waals surface area contributed by atoms with Gasteiger partial charge in [0, 0.05) is 12.1 Å². The van der Waals surface area contributed by atoms with Crippen molar-refractivity contribution in [3.8, 4) is 5.75 Å². The first kappa shape index (κ1) is 15.8. The summed E-state index contributed by atoms with van der Waals surface area (Å²) in [6.07, 6.45) is 2.44. The molecule has 0 amide bonds. The molecule has 0 heterocycles. The first-order valence-electron chi connectivity index (χ1n) is 6.62. The van der Waals surface area contributed by atoms with E-state index >= 15 is 0 Å². The molecule has 0 saturated carbocycles. The average Bonchev–Trinajstić information content (AvgIpc) is 2.43. The minimum atomic E-state index is 0. The summed E-state index contributed by atoms with van der Waals surface area (Å²) in [6, 6.07) is 12.6. The zero-order chi connectivity index (χ0) is 12.8. The molecule has 0 fully saturated rings. The third-order valence-corrected chi connectivity index (χ3v) is 3.23. The lowest BCUT2D eigenvalue weighted by atomic mass is 10.0. The van der Waals surface area contributed by atoms with Crippen LogP contribution in [0.5, 0.6) is 5.75 Å². The molecule has 104 valence electrons. The lowest BCUT2D eigenvalue weighted by molar-refractivity contribution is 0.408. The fraction of sp³-hybridized carbons (Fsp3) is 0.375. The first-order chi connectivity index (χ1) is 8.86. The van der Waals surface area contributed by atoms with Gasteiger partial charge in [-0.1, -0.05) is 43.7 Å². The highest BCUT2D eigenvalue weighted by Crippen LogP contribution is 2.27. The lowest BCUT2D eigenvalue weighted by Crippen LogP contribution is -2.15. The van der Waals surface area contributed by atoms with Crippen LogP contribution in [0.4, 0.5) is 0 Å². The Morgan fingerprint density at radius 1 is 1.11 bits per heavy atom. The standard InChI is InChI=1S/C16H21NO.ClH/c1-3-4-11-17-12-15-14-8-6-5-7-13(14)9-10-16(15)18-2;/h5-10,17H,3-4,11-12H2,1-2H3;1H. The molecule has 0 atom stereocenters. The van der Waals surface area contributed by atoms with E-state index in [0.717, 1.165) is 18.8 Å². The van der Waals surface area contributed by atoms with E-state index in [4.69, 9.17) is 4.74 Å². The summed E-state index contributed by atoms with van der Waals surface area (Å²) in [4.78, 5) is 0. The van der Waals surface area contributed by atoms with E-state index in [1.54, 1.807) is 7.11 Å². The summed E-state index contributed by atoms with van der Waals surface area (Å²) >= 11 is 0. The van der Waals surface area contributed by atoms with Gasteiger partial charge in [-0.05, 0) is 29.8 Å². The van der Waals surface area contributed by atoms with Crippen molar-refractivity contribution in [2.45, 2.75) is 26.3 Å². The number of hydrogen-bond acceptors (Lipinski definition) is 2. The number of halogens is 1. The summed E-state index contributed by atoms with van der Waals surface area (Å²) in [7, 11) is 1.74. The second kappa shape index (κ2) is 8.03. The van der Waals surface area contributed by atoms with E-state index < -0.39 is 0 Å². The maximum absolute atomic E-state index is 5.47. The number of fused-ring (bicyclic) bond motifs is 1. The summed E-state index contributed by atoms with van der Waals surface area (Å²) < 4.78 is 5.47. The molecule has 0 aliphatic rings. The lowest BCUT2D eigenvalue weighted by Gasteiger charge is -2.12. The van der Waals surface area contributed by atoms with Gasteiger partial charge < -0.3 is 10.1 Å². The highest BCUT2D eigenvalue weighted by Gasteiger charge is 2.07. The van der Waals surface area contributed by atoms with Crippen molar-refractivity contribution in [2.75, 3.05) is 13.7 Å². The monoisotopic (exact) mass is 279 g/mol. The minimum absolute atomic E-state index is 0. The second-order valence-corrected chi connectivity index (χ2v) is 4.50. The van der Waals surface area contributed by atoms with Gasteiger partial charge >= 0.3 is 0 Å². The number of unbranched alkanes of at least 4 members (excludes halogenated alkanes) is 1. The molecule has 2 nitrogen and oxygen atoms in total. The van der Waals surface area contributed by atoms with Gasteiger partial charge in [0.05, 0.1) is 7.11 Å². The topological polar surface area (TPSA) is 21.3 Å². The number of nitrogens with one attached hydrogen (secondary N) is 1. The van der Waals surface area contributed by atoms with E-state index in [1.807, 2.05) is 0 Å².